The summed E-state index contributed by atoms with van der Waals surface area (Å²) >= 11 is 0. The fraction of sp³-hybridized carbons (Fsp3) is 0.167. The highest BCUT2D eigenvalue weighted by molar-refractivity contribution is 5.50. The number of H-pyrrole nitrogens is 1. The van der Waals surface area contributed by atoms with Gasteiger partial charge in [-0.1, -0.05) is 0 Å². The Kier molecular flexibility index (Phi) is 2.70. The van der Waals surface area contributed by atoms with E-state index in [2.05, 4.69) is 0 Å². The topological polar surface area (TPSA) is 93.6 Å². The number of benzene rings is 1. The highest BCUT2D eigenvalue weighted by Gasteiger charge is 2.18. The Morgan fingerprint density at radius 3 is 2.65 bits per heavy atom. The number of fused-ring (bicyclic) bond motifs is 1. The fourth-order valence-electron chi connectivity index (χ4n) is 1.91. The lowest BCUT2D eigenvalue weighted by atomic mass is 10.2. The van der Waals surface area contributed by atoms with Crippen LogP contribution < -0.4 is 20.7 Å². The van der Waals surface area contributed by atoms with Gasteiger partial charge in [0.15, 0.2) is 11.5 Å². The normalized spacial score (nSPS) is 13.2. The molecule has 104 valence electrons. The van der Waals surface area contributed by atoms with Crippen molar-refractivity contribution in [3.05, 3.63) is 44.9 Å². The Labute approximate surface area is 110 Å². The van der Waals surface area contributed by atoms with E-state index in [1.165, 1.54) is 18.2 Å². The minimum atomic E-state index is -1.43. The lowest BCUT2D eigenvalue weighted by molar-refractivity contribution is 0.171. The third-order valence-corrected chi connectivity index (χ3v) is 2.81. The number of nitrogens with zero attached hydrogens (tertiary/aromatic N) is 1. The first-order valence-electron chi connectivity index (χ1n) is 5.72. The summed E-state index contributed by atoms with van der Waals surface area (Å²) in [6.45, 7) is 0.752. The predicted molar refractivity (Wildman–Crippen MR) is 65.3 cm³/mol. The van der Waals surface area contributed by atoms with Crippen LogP contribution in [-0.2, 0) is 0 Å². The second-order valence-corrected chi connectivity index (χ2v) is 4.06. The Morgan fingerprint density at radius 2 is 1.90 bits per heavy atom. The van der Waals surface area contributed by atoms with Crippen molar-refractivity contribution in [1.82, 2.24) is 9.55 Å². The summed E-state index contributed by atoms with van der Waals surface area (Å²) in [5.41, 5.74) is -2.08. The maximum Gasteiger partial charge on any atom is 0.335 e. The molecular weight excluding hydrogens is 271 g/mol. The van der Waals surface area contributed by atoms with Gasteiger partial charge in [-0.05, 0) is 12.1 Å². The van der Waals surface area contributed by atoms with E-state index in [4.69, 9.17) is 9.47 Å². The standard InChI is InChI=1S/C12H9FN2O5/c13-9-10(16)14-12(18)15(11(9)17)6-1-2-7-8(5-6)20-4-3-19-7/h1-2,5,17H,3-4H2,(H,14,16,18). The molecule has 1 aromatic heterocycles. The minimum Gasteiger partial charge on any atom is -0.492 e. The Hall–Kier alpha value is -2.77. The average molecular weight is 280 g/mol. The van der Waals surface area contributed by atoms with Gasteiger partial charge in [0.1, 0.15) is 13.2 Å². The summed E-state index contributed by atoms with van der Waals surface area (Å²) in [7, 11) is 0. The zero-order chi connectivity index (χ0) is 14.3. The van der Waals surface area contributed by atoms with Crippen molar-refractivity contribution >= 4 is 0 Å². The van der Waals surface area contributed by atoms with Gasteiger partial charge in [-0.3, -0.25) is 9.78 Å². The summed E-state index contributed by atoms with van der Waals surface area (Å²) in [6, 6.07) is 4.37. The van der Waals surface area contributed by atoms with Crippen molar-refractivity contribution in [2.45, 2.75) is 0 Å². The van der Waals surface area contributed by atoms with Crippen LogP contribution in [0.2, 0.25) is 0 Å². The number of rotatable bonds is 1. The quantitative estimate of drug-likeness (QED) is 0.775. The molecule has 0 saturated heterocycles. The maximum absolute atomic E-state index is 13.4. The molecule has 7 nitrogen and oxygen atoms in total. The number of aromatic hydroxyl groups is 1. The molecule has 0 atom stereocenters. The number of aromatic nitrogens is 2. The first-order valence-corrected chi connectivity index (χ1v) is 5.72. The summed E-state index contributed by atoms with van der Waals surface area (Å²) in [4.78, 5) is 24.5. The number of ether oxygens (including phenoxy) is 2. The van der Waals surface area contributed by atoms with Gasteiger partial charge in [0, 0.05) is 6.07 Å². The number of hydrogen-bond donors (Lipinski definition) is 2. The Bertz CT molecular complexity index is 795. The zero-order valence-electron chi connectivity index (χ0n) is 10.1. The Morgan fingerprint density at radius 1 is 1.20 bits per heavy atom. The van der Waals surface area contributed by atoms with Crippen molar-refractivity contribution in [3.8, 4) is 23.1 Å². The molecule has 20 heavy (non-hydrogen) atoms. The van der Waals surface area contributed by atoms with Crippen LogP contribution in [0.1, 0.15) is 0 Å². The zero-order valence-corrected chi connectivity index (χ0v) is 10.1. The highest BCUT2D eigenvalue weighted by Crippen LogP contribution is 2.32. The number of hydrogen-bond acceptors (Lipinski definition) is 5. The summed E-state index contributed by atoms with van der Waals surface area (Å²) in [5.74, 6) is -1.64. The van der Waals surface area contributed by atoms with Crippen molar-refractivity contribution in [2.75, 3.05) is 13.2 Å². The summed E-state index contributed by atoms with van der Waals surface area (Å²) < 4.78 is 24.7. The number of aromatic amines is 1. The molecule has 0 bridgehead atoms. The molecule has 1 aliphatic heterocycles. The molecule has 0 radical (unpaired) electrons. The van der Waals surface area contributed by atoms with Crippen molar-refractivity contribution in [2.24, 2.45) is 0 Å². The van der Waals surface area contributed by atoms with Crippen molar-refractivity contribution in [3.63, 3.8) is 0 Å². The van der Waals surface area contributed by atoms with E-state index in [1.807, 2.05) is 0 Å². The largest absolute Gasteiger partial charge is 0.492 e. The van der Waals surface area contributed by atoms with E-state index in [0.29, 0.717) is 29.3 Å². The van der Waals surface area contributed by atoms with E-state index in [1.54, 1.807) is 4.98 Å². The van der Waals surface area contributed by atoms with Gasteiger partial charge in [0.2, 0.25) is 11.7 Å². The molecule has 0 amide bonds. The molecule has 0 saturated carbocycles. The summed E-state index contributed by atoms with van der Waals surface area (Å²) in [6.07, 6.45) is 0. The molecule has 8 heteroatoms. The molecule has 0 aliphatic carbocycles. The van der Waals surface area contributed by atoms with Crippen LogP contribution in [-0.4, -0.2) is 27.9 Å². The van der Waals surface area contributed by atoms with Crippen LogP contribution in [0, 0.1) is 5.82 Å². The molecule has 2 heterocycles. The van der Waals surface area contributed by atoms with Gasteiger partial charge in [0.05, 0.1) is 5.69 Å². The SMILES string of the molecule is O=c1[nH]c(=O)n(-c2ccc3c(c2)OCCO3)c(O)c1F. The molecule has 0 spiro atoms. The average Bonchev–Trinajstić information content (AvgIpc) is 2.45. The predicted octanol–water partition coefficient (Wildman–Crippen LogP) is 0.142. The van der Waals surface area contributed by atoms with Gasteiger partial charge in [-0.15, -0.1) is 0 Å². The second kappa shape index (κ2) is 4.41. The first-order chi connectivity index (χ1) is 9.58. The fourth-order valence-corrected chi connectivity index (χ4v) is 1.91. The van der Waals surface area contributed by atoms with E-state index >= 15 is 0 Å². The van der Waals surface area contributed by atoms with Crippen molar-refractivity contribution in [1.29, 1.82) is 0 Å². The van der Waals surface area contributed by atoms with Gasteiger partial charge < -0.3 is 14.6 Å². The molecular formula is C12H9FN2O5. The van der Waals surface area contributed by atoms with Gasteiger partial charge >= 0.3 is 5.69 Å². The van der Waals surface area contributed by atoms with Gasteiger partial charge in [-0.2, -0.15) is 4.39 Å². The molecule has 1 aromatic carbocycles. The smallest absolute Gasteiger partial charge is 0.335 e. The monoisotopic (exact) mass is 280 g/mol. The number of nitrogens with one attached hydrogen (secondary N) is 1. The summed E-state index contributed by atoms with van der Waals surface area (Å²) in [5, 5.41) is 9.61. The molecule has 2 aromatic rings. The van der Waals surface area contributed by atoms with Crippen LogP contribution in [0.3, 0.4) is 0 Å². The molecule has 0 fully saturated rings. The van der Waals surface area contributed by atoms with E-state index in [0.717, 1.165) is 0 Å². The first kappa shape index (κ1) is 12.3. The molecule has 3 rings (SSSR count). The van der Waals surface area contributed by atoms with Crippen LogP contribution >= 0.6 is 0 Å². The number of halogens is 1. The third kappa shape index (κ3) is 1.81. The van der Waals surface area contributed by atoms with E-state index < -0.39 is 22.9 Å². The minimum absolute atomic E-state index is 0.145. The lowest BCUT2D eigenvalue weighted by Crippen LogP contribution is -2.31. The molecule has 1 aliphatic rings. The molecule has 0 unspecified atom stereocenters. The highest BCUT2D eigenvalue weighted by atomic mass is 19.1. The lowest BCUT2D eigenvalue weighted by Gasteiger charge is -2.19. The third-order valence-electron chi connectivity index (χ3n) is 2.81. The van der Waals surface area contributed by atoms with Crippen molar-refractivity contribution < 1.29 is 19.0 Å². The second-order valence-electron chi connectivity index (χ2n) is 4.06. The van der Waals surface area contributed by atoms with Crippen LogP contribution in [0.5, 0.6) is 17.4 Å². The van der Waals surface area contributed by atoms with Crippen LogP contribution in [0.25, 0.3) is 5.69 Å². The Balaban J connectivity index is 2.22. The van der Waals surface area contributed by atoms with Gasteiger partial charge in [0.25, 0.3) is 5.56 Å². The molecule has 2 N–H and O–H groups in total. The maximum atomic E-state index is 13.4. The van der Waals surface area contributed by atoms with E-state index in [-0.39, 0.29) is 5.69 Å². The van der Waals surface area contributed by atoms with Crippen LogP contribution in [0.15, 0.2) is 27.8 Å². The van der Waals surface area contributed by atoms with E-state index in [9.17, 15) is 19.1 Å². The van der Waals surface area contributed by atoms with Gasteiger partial charge in [-0.25, -0.2) is 9.36 Å². The van der Waals surface area contributed by atoms with Crippen LogP contribution in [0.4, 0.5) is 4.39 Å².